The number of carbonyl (C=O) groups is 1. The van der Waals surface area contributed by atoms with Gasteiger partial charge in [0.05, 0.1) is 27.1 Å². The molecule has 1 spiro atoms. The Hall–Kier alpha value is -4.36. The van der Waals surface area contributed by atoms with E-state index in [1.807, 2.05) is 13.0 Å². The molecule has 4 aromatic rings. The van der Waals surface area contributed by atoms with Gasteiger partial charge in [-0.25, -0.2) is 14.4 Å². The SMILES string of the molecule is C=CC(=O)N1CC2(CCN(c3nc4cc(-c5scnc5C)cnc4c(-c4ccc(F)c(O)c4)c3C#N)C2)C1. The summed E-state index contributed by atoms with van der Waals surface area (Å²) in [6, 6.07) is 8.27. The fraction of sp³-hybridized carbons (Fsp3) is 0.250. The van der Waals surface area contributed by atoms with Crippen molar-refractivity contribution in [3.05, 3.63) is 65.7 Å². The smallest absolute Gasteiger partial charge is 0.245 e. The predicted octanol–water partition coefficient (Wildman–Crippen LogP) is 4.67. The Morgan fingerprint density at radius 1 is 1.26 bits per heavy atom. The van der Waals surface area contributed by atoms with Gasteiger partial charge in [0.25, 0.3) is 0 Å². The molecule has 1 N–H and O–H groups in total. The van der Waals surface area contributed by atoms with E-state index in [1.54, 1.807) is 16.6 Å². The van der Waals surface area contributed by atoms with Gasteiger partial charge in [0, 0.05) is 48.9 Å². The van der Waals surface area contributed by atoms with Gasteiger partial charge < -0.3 is 14.9 Å². The summed E-state index contributed by atoms with van der Waals surface area (Å²) in [6.45, 7) is 8.11. The van der Waals surface area contributed by atoms with Crippen molar-refractivity contribution in [2.75, 3.05) is 31.1 Å². The molecule has 0 radical (unpaired) electrons. The molecule has 2 fully saturated rings. The number of benzene rings is 1. The molecule has 2 saturated heterocycles. The molecule has 5 heterocycles. The average molecular weight is 527 g/mol. The Morgan fingerprint density at radius 3 is 2.76 bits per heavy atom. The summed E-state index contributed by atoms with van der Waals surface area (Å²) in [4.78, 5) is 30.8. The molecule has 0 saturated carbocycles. The summed E-state index contributed by atoms with van der Waals surface area (Å²) in [5, 5.41) is 20.5. The molecule has 2 aliphatic rings. The molecule has 10 heteroatoms. The quantitative estimate of drug-likeness (QED) is 0.385. The Balaban J connectivity index is 1.50. The van der Waals surface area contributed by atoms with Gasteiger partial charge in [0.2, 0.25) is 5.91 Å². The molecule has 38 heavy (non-hydrogen) atoms. The number of aromatic hydroxyl groups is 1. The Labute approximate surface area is 222 Å². The first-order valence-electron chi connectivity index (χ1n) is 12.1. The van der Waals surface area contributed by atoms with Crippen molar-refractivity contribution >= 4 is 34.1 Å². The van der Waals surface area contributed by atoms with Crippen LogP contribution in [-0.2, 0) is 4.79 Å². The number of hydrogen-bond donors (Lipinski definition) is 1. The van der Waals surface area contributed by atoms with Crippen LogP contribution in [0.5, 0.6) is 5.75 Å². The molecule has 3 aromatic heterocycles. The Kier molecular flexibility index (Phi) is 5.61. The van der Waals surface area contributed by atoms with Crippen LogP contribution in [0, 0.1) is 29.5 Å². The van der Waals surface area contributed by atoms with Gasteiger partial charge in [-0.05, 0) is 43.2 Å². The van der Waals surface area contributed by atoms with Crippen LogP contribution in [0.3, 0.4) is 0 Å². The van der Waals surface area contributed by atoms with Crippen LogP contribution in [0.15, 0.2) is 48.6 Å². The maximum atomic E-state index is 13.9. The van der Waals surface area contributed by atoms with E-state index < -0.39 is 11.6 Å². The number of anilines is 1. The van der Waals surface area contributed by atoms with Gasteiger partial charge in [-0.15, -0.1) is 11.3 Å². The zero-order valence-electron chi connectivity index (χ0n) is 20.6. The number of amides is 1. The van der Waals surface area contributed by atoms with Gasteiger partial charge in [0.1, 0.15) is 17.5 Å². The number of phenolic OH excluding ortho intramolecular Hbond substituents is 1. The van der Waals surface area contributed by atoms with Crippen molar-refractivity contribution in [2.45, 2.75) is 13.3 Å². The van der Waals surface area contributed by atoms with Crippen LogP contribution in [0.1, 0.15) is 17.7 Å². The second-order valence-corrected chi connectivity index (χ2v) is 10.7. The summed E-state index contributed by atoms with van der Waals surface area (Å²) < 4.78 is 13.9. The first-order valence-corrected chi connectivity index (χ1v) is 13.0. The molecule has 0 unspecified atom stereocenters. The predicted molar refractivity (Wildman–Crippen MR) is 143 cm³/mol. The summed E-state index contributed by atoms with van der Waals surface area (Å²) in [7, 11) is 0. The highest BCUT2D eigenvalue weighted by molar-refractivity contribution is 7.13. The van der Waals surface area contributed by atoms with Crippen molar-refractivity contribution in [3.63, 3.8) is 0 Å². The summed E-state index contributed by atoms with van der Waals surface area (Å²) in [5.74, 6) is -0.807. The molecule has 8 nitrogen and oxygen atoms in total. The normalized spacial score (nSPS) is 16.0. The summed E-state index contributed by atoms with van der Waals surface area (Å²) >= 11 is 1.51. The standard InChI is InChI=1S/C28H23FN6O2S/c1-3-23(37)35-13-28(14-35)6-7-34(12-28)27-19(10-30)24(17-4-5-20(29)22(36)9-17)25-21(33-27)8-18(11-31-25)26-16(2)32-15-38-26/h3-5,8-9,11,15,36H,1,6-7,12-14H2,2H3. The summed E-state index contributed by atoms with van der Waals surface area (Å²) in [5.41, 5.74) is 5.83. The van der Waals surface area contributed by atoms with E-state index in [9.17, 15) is 19.6 Å². The van der Waals surface area contributed by atoms with E-state index in [2.05, 4.69) is 22.5 Å². The van der Waals surface area contributed by atoms with Gasteiger partial charge in [-0.1, -0.05) is 12.6 Å². The Morgan fingerprint density at radius 2 is 2.08 bits per heavy atom. The van der Waals surface area contributed by atoms with Crippen LogP contribution < -0.4 is 4.90 Å². The van der Waals surface area contributed by atoms with Crippen molar-refractivity contribution in [2.24, 2.45) is 5.41 Å². The highest BCUT2D eigenvalue weighted by Crippen LogP contribution is 2.44. The Bertz CT molecular complexity index is 1670. The lowest BCUT2D eigenvalue weighted by Gasteiger charge is -2.47. The topological polar surface area (TPSA) is 106 Å². The van der Waals surface area contributed by atoms with Crippen LogP contribution >= 0.6 is 11.3 Å². The minimum atomic E-state index is -0.744. The third kappa shape index (κ3) is 3.78. The third-order valence-corrected chi connectivity index (χ3v) is 8.41. The van der Waals surface area contributed by atoms with E-state index in [-0.39, 0.29) is 11.3 Å². The molecule has 0 bridgehead atoms. The minimum Gasteiger partial charge on any atom is -0.505 e. The molecule has 0 aliphatic carbocycles. The highest BCUT2D eigenvalue weighted by atomic mass is 32.1. The van der Waals surface area contributed by atoms with Gasteiger partial charge >= 0.3 is 0 Å². The maximum Gasteiger partial charge on any atom is 0.245 e. The molecular formula is C28H23FN6O2S. The van der Waals surface area contributed by atoms with Gasteiger partial charge in [-0.3, -0.25) is 9.78 Å². The number of pyridine rings is 2. The number of nitrogens with zero attached hydrogens (tertiary/aromatic N) is 6. The van der Waals surface area contributed by atoms with E-state index in [1.165, 1.54) is 35.6 Å². The van der Waals surface area contributed by atoms with Gasteiger partial charge in [-0.2, -0.15) is 5.26 Å². The molecule has 6 rings (SSSR count). The van der Waals surface area contributed by atoms with Crippen molar-refractivity contribution in [1.29, 1.82) is 5.26 Å². The molecular weight excluding hydrogens is 503 g/mol. The zero-order chi connectivity index (χ0) is 26.6. The van der Waals surface area contributed by atoms with Crippen molar-refractivity contribution in [1.82, 2.24) is 19.9 Å². The van der Waals surface area contributed by atoms with Crippen LogP contribution in [0.2, 0.25) is 0 Å². The lowest BCUT2D eigenvalue weighted by molar-refractivity contribution is -0.136. The van der Waals surface area contributed by atoms with Crippen molar-refractivity contribution < 1.29 is 14.3 Å². The molecule has 0 atom stereocenters. The fourth-order valence-electron chi connectivity index (χ4n) is 5.54. The number of fused-ring (bicyclic) bond motifs is 1. The first kappa shape index (κ1) is 24.0. The maximum absolute atomic E-state index is 13.9. The van der Waals surface area contributed by atoms with E-state index in [4.69, 9.17) is 9.97 Å². The van der Waals surface area contributed by atoms with Crippen LogP contribution in [-0.4, -0.2) is 57.0 Å². The largest absolute Gasteiger partial charge is 0.505 e. The van der Waals surface area contributed by atoms with E-state index >= 15 is 0 Å². The van der Waals surface area contributed by atoms with Crippen LogP contribution in [0.4, 0.5) is 10.2 Å². The average Bonchev–Trinajstić information content (AvgIpc) is 3.54. The number of phenols is 1. The number of carbonyl (C=O) groups excluding carboxylic acids is 1. The van der Waals surface area contributed by atoms with Crippen molar-refractivity contribution in [3.8, 4) is 33.4 Å². The van der Waals surface area contributed by atoms with Gasteiger partial charge in [0.15, 0.2) is 11.6 Å². The van der Waals surface area contributed by atoms with E-state index in [0.29, 0.717) is 59.7 Å². The number of thiazole rings is 1. The fourth-order valence-corrected chi connectivity index (χ4v) is 6.33. The zero-order valence-corrected chi connectivity index (χ0v) is 21.4. The number of halogens is 1. The van der Waals surface area contributed by atoms with Crippen LogP contribution in [0.25, 0.3) is 32.6 Å². The number of likely N-dealkylation sites (tertiary alicyclic amines) is 1. The highest BCUT2D eigenvalue weighted by Gasteiger charge is 2.49. The summed E-state index contributed by atoms with van der Waals surface area (Å²) in [6.07, 6.45) is 3.92. The molecule has 1 amide bonds. The second kappa shape index (κ2) is 8.89. The number of aromatic nitrogens is 3. The monoisotopic (exact) mass is 526 g/mol. The molecule has 2 aliphatic heterocycles. The first-order chi connectivity index (χ1) is 18.3. The lowest BCUT2D eigenvalue weighted by Crippen LogP contribution is -2.59. The van der Waals surface area contributed by atoms with E-state index in [0.717, 1.165) is 22.6 Å². The number of rotatable bonds is 4. The number of nitriles is 1. The molecule has 1 aromatic carbocycles. The molecule has 190 valence electrons. The minimum absolute atomic E-state index is 0.0593. The lowest BCUT2D eigenvalue weighted by atomic mass is 9.79. The second-order valence-electron chi connectivity index (χ2n) is 9.89. The third-order valence-electron chi connectivity index (χ3n) is 7.44. The number of aryl methyl sites for hydroxylation is 1. The number of hydrogen-bond acceptors (Lipinski definition) is 8.